The zero-order chi connectivity index (χ0) is 9.86. The summed E-state index contributed by atoms with van der Waals surface area (Å²) in [5.41, 5.74) is 0. The molecule has 0 fully saturated rings. The normalized spacial score (nSPS) is 22.4. The van der Waals surface area contributed by atoms with Crippen molar-refractivity contribution in [2.24, 2.45) is 0 Å². The summed E-state index contributed by atoms with van der Waals surface area (Å²) in [5, 5.41) is 0. The maximum absolute atomic E-state index is 2.45. The molecule has 0 spiro atoms. The third-order valence-corrected chi connectivity index (χ3v) is 7.27. The van der Waals surface area contributed by atoms with E-state index in [0.29, 0.717) is 3.12 Å². The van der Waals surface area contributed by atoms with Crippen LogP contribution in [0, 0.1) is 0 Å². The molecule has 0 saturated heterocycles. The Morgan fingerprint density at radius 2 is 1.71 bits per heavy atom. The Kier molecular flexibility index (Phi) is 3.39. The molecule has 0 radical (unpaired) electrons. The first-order chi connectivity index (χ1) is 6.85. The van der Waals surface area contributed by atoms with Gasteiger partial charge in [0, 0.05) is 0 Å². The molecule has 0 nitrogen and oxygen atoms in total. The van der Waals surface area contributed by atoms with Crippen LogP contribution >= 0.6 is 0 Å². The second-order valence-corrected chi connectivity index (χ2v) is 8.58. The first-order valence-corrected chi connectivity index (χ1v) is 7.99. The van der Waals surface area contributed by atoms with Crippen LogP contribution in [-0.2, 0) is 23.2 Å². The topological polar surface area (TPSA) is 0 Å². The zero-order valence-electron chi connectivity index (χ0n) is 8.61. The van der Waals surface area contributed by atoms with Crippen molar-refractivity contribution < 1.29 is 23.2 Å². The summed E-state index contributed by atoms with van der Waals surface area (Å²) >= 11 is -0.401. The quantitative estimate of drug-likeness (QED) is 0.717. The summed E-state index contributed by atoms with van der Waals surface area (Å²) < 4.78 is 1.33. The first-order valence-electron chi connectivity index (χ1n) is 5.34. The van der Waals surface area contributed by atoms with E-state index < -0.39 is 23.2 Å². The number of allylic oxidation sites excluding steroid dienone is 8. The Bertz CT molecular complexity index is 283. The molecule has 2 aliphatic rings. The van der Waals surface area contributed by atoms with E-state index in [9.17, 15) is 0 Å². The van der Waals surface area contributed by atoms with Gasteiger partial charge in [-0.3, -0.25) is 0 Å². The summed E-state index contributed by atoms with van der Waals surface area (Å²) in [6.07, 6.45) is 21.2. The Hall–Kier alpha value is -0.157. The van der Waals surface area contributed by atoms with Crippen LogP contribution in [0.3, 0.4) is 0 Å². The molecule has 72 valence electrons. The predicted molar refractivity (Wildman–Crippen MR) is 57.9 cm³/mol. The van der Waals surface area contributed by atoms with E-state index in [-0.39, 0.29) is 0 Å². The van der Waals surface area contributed by atoms with Crippen LogP contribution in [0.1, 0.15) is 19.8 Å². The van der Waals surface area contributed by atoms with Crippen molar-refractivity contribution in [3.05, 3.63) is 48.6 Å². The van der Waals surface area contributed by atoms with E-state index in [2.05, 4.69) is 55.5 Å². The molecule has 0 bridgehead atoms. The maximum atomic E-state index is 2.45. The molecule has 1 heteroatoms. The van der Waals surface area contributed by atoms with Gasteiger partial charge in [-0.1, -0.05) is 0 Å². The van der Waals surface area contributed by atoms with Crippen LogP contribution in [0.5, 0.6) is 0 Å². The van der Waals surface area contributed by atoms with Crippen LogP contribution in [0.15, 0.2) is 48.6 Å². The average molecular weight is 263 g/mol. The first kappa shape index (κ1) is 10.4. The second-order valence-electron chi connectivity index (χ2n) is 3.95. The average Bonchev–Trinajstić information content (AvgIpc) is 2.78. The Balaban J connectivity index is 2.04. The molecule has 14 heavy (non-hydrogen) atoms. The number of hydrogen-bond acceptors (Lipinski definition) is 0. The van der Waals surface area contributed by atoms with Gasteiger partial charge in [-0.05, 0) is 0 Å². The van der Waals surface area contributed by atoms with Gasteiger partial charge in [0.15, 0.2) is 0 Å². The van der Waals surface area contributed by atoms with Crippen LogP contribution in [0.2, 0.25) is 6.75 Å². The molecule has 2 aliphatic carbocycles. The molecule has 0 aromatic carbocycles. The van der Waals surface area contributed by atoms with E-state index in [4.69, 9.17) is 0 Å². The summed E-state index contributed by atoms with van der Waals surface area (Å²) in [7, 11) is 0. The van der Waals surface area contributed by atoms with Crippen LogP contribution in [0.4, 0.5) is 0 Å². The fraction of sp³-hybridized carbons (Fsp3) is 0.385. The third-order valence-electron chi connectivity index (χ3n) is 2.75. The Labute approximate surface area is 98.0 Å². The van der Waals surface area contributed by atoms with Gasteiger partial charge in [-0.15, -0.1) is 0 Å². The minimum absolute atomic E-state index is 0.401. The van der Waals surface area contributed by atoms with Crippen molar-refractivity contribution in [1.82, 2.24) is 0 Å². The van der Waals surface area contributed by atoms with Crippen LogP contribution in [-0.4, -0.2) is 0 Å². The van der Waals surface area contributed by atoms with E-state index in [0.717, 1.165) is 3.63 Å². The molecule has 0 aromatic rings. The van der Waals surface area contributed by atoms with E-state index in [1.807, 2.05) is 0 Å². The number of rotatable bonds is 4. The third kappa shape index (κ3) is 2.26. The second kappa shape index (κ2) is 4.57. The van der Waals surface area contributed by atoms with Crippen molar-refractivity contribution in [2.75, 3.05) is 0 Å². The van der Waals surface area contributed by atoms with Crippen molar-refractivity contribution in [3.8, 4) is 0 Å². The molecule has 0 unspecified atom stereocenters. The molecule has 0 atom stereocenters. The summed E-state index contributed by atoms with van der Waals surface area (Å²) in [6, 6.07) is 0. The van der Waals surface area contributed by atoms with Gasteiger partial charge >= 0.3 is 98.4 Å². The predicted octanol–water partition coefficient (Wildman–Crippen LogP) is 4.07. The van der Waals surface area contributed by atoms with Crippen molar-refractivity contribution in [3.63, 3.8) is 0 Å². The number of hydrogen-bond donors (Lipinski definition) is 0. The Morgan fingerprint density at radius 3 is 2.29 bits per heavy atom. The Morgan fingerprint density at radius 1 is 1.07 bits per heavy atom. The van der Waals surface area contributed by atoms with E-state index in [1.165, 1.54) is 12.8 Å². The molecule has 0 amide bonds. The molecular formula is C13H16Zr. The van der Waals surface area contributed by atoms with Gasteiger partial charge in [-0.2, -0.15) is 0 Å². The summed E-state index contributed by atoms with van der Waals surface area (Å²) in [4.78, 5) is 0. The zero-order valence-corrected chi connectivity index (χ0v) is 11.1. The van der Waals surface area contributed by atoms with Crippen LogP contribution < -0.4 is 0 Å². The molecule has 0 aromatic heterocycles. The van der Waals surface area contributed by atoms with Crippen molar-refractivity contribution in [2.45, 2.75) is 26.5 Å². The summed E-state index contributed by atoms with van der Waals surface area (Å²) in [5.74, 6) is 0. The van der Waals surface area contributed by atoms with Crippen molar-refractivity contribution in [1.29, 1.82) is 0 Å². The van der Waals surface area contributed by atoms with Gasteiger partial charge in [-0.25, -0.2) is 0 Å². The molecule has 0 N–H and O–H groups in total. The fourth-order valence-corrected chi connectivity index (χ4v) is 6.56. The van der Waals surface area contributed by atoms with E-state index >= 15 is 0 Å². The van der Waals surface area contributed by atoms with E-state index in [1.54, 1.807) is 0 Å². The molecule has 0 heterocycles. The van der Waals surface area contributed by atoms with Gasteiger partial charge in [0.25, 0.3) is 0 Å². The molecular weight excluding hydrogens is 247 g/mol. The fourth-order valence-electron chi connectivity index (χ4n) is 2.10. The minimum atomic E-state index is -0.401. The van der Waals surface area contributed by atoms with Crippen molar-refractivity contribution >= 4 is 0 Å². The monoisotopic (exact) mass is 262 g/mol. The summed E-state index contributed by atoms with van der Waals surface area (Å²) in [6.45, 7) is 2.29. The SMILES string of the molecule is CCC[C]1([Zr][CH]2C=CC=C2)C=CC=C1. The van der Waals surface area contributed by atoms with Gasteiger partial charge < -0.3 is 0 Å². The van der Waals surface area contributed by atoms with Gasteiger partial charge in [0.05, 0.1) is 0 Å². The van der Waals surface area contributed by atoms with Crippen LogP contribution in [0.25, 0.3) is 0 Å². The standard InChI is InChI=1S/C8H11.C5H5.Zr/c1-2-5-8-6-3-4-7-8;1-2-4-5-3-1;/h3-4,6-7H,2,5H2,1H3;1-5H;. The van der Waals surface area contributed by atoms with Gasteiger partial charge in [0.2, 0.25) is 0 Å². The molecule has 0 aliphatic heterocycles. The molecule has 2 rings (SSSR count). The van der Waals surface area contributed by atoms with Gasteiger partial charge in [0.1, 0.15) is 0 Å². The molecule has 0 saturated carbocycles.